The zero-order chi connectivity index (χ0) is 23.2. The van der Waals surface area contributed by atoms with Gasteiger partial charge in [0.2, 0.25) is 5.78 Å². The average Bonchev–Trinajstić information content (AvgIpc) is 3.21. The number of nitriles is 1. The molecule has 164 valence electrons. The van der Waals surface area contributed by atoms with Crippen LogP contribution in [0.1, 0.15) is 36.2 Å². The van der Waals surface area contributed by atoms with Gasteiger partial charge in [0.05, 0.1) is 17.9 Å². The van der Waals surface area contributed by atoms with Gasteiger partial charge in [-0.1, -0.05) is 67.6 Å². The van der Waals surface area contributed by atoms with Crippen molar-refractivity contribution in [2.45, 2.75) is 26.8 Å². The van der Waals surface area contributed by atoms with Crippen LogP contribution in [-0.2, 0) is 6.54 Å². The molecule has 4 aromatic rings. The van der Waals surface area contributed by atoms with E-state index in [1.807, 2.05) is 78.9 Å². The highest BCUT2D eigenvalue weighted by molar-refractivity contribution is 6.23. The Hall–Kier alpha value is -4.10. The van der Waals surface area contributed by atoms with E-state index in [4.69, 9.17) is 4.74 Å². The molecule has 0 aliphatic rings. The van der Waals surface area contributed by atoms with Crippen molar-refractivity contribution in [1.29, 1.82) is 5.26 Å². The highest BCUT2D eigenvalue weighted by atomic mass is 16.5. The molecule has 0 saturated heterocycles. The lowest BCUT2D eigenvalue weighted by atomic mass is 9.96. The molecule has 0 unspecified atom stereocenters. The number of para-hydroxylation sites is 1. The van der Waals surface area contributed by atoms with Crippen molar-refractivity contribution in [3.63, 3.8) is 0 Å². The molecule has 0 aliphatic heterocycles. The van der Waals surface area contributed by atoms with Crippen LogP contribution in [0.5, 0.6) is 5.75 Å². The summed E-state index contributed by atoms with van der Waals surface area (Å²) < 4.78 is 7.78. The van der Waals surface area contributed by atoms with Crippen molar-refractivity contribution >= 4 is 22.8 Å². The van der Waals surface area contributed by atoms with Crippen molar-refractivity contribution in [2.75, 3.05) is 6.61 Å². The molecular formula is C29H26N2O2. The number of carbonyl (C=O) groups is 1. The van der Waals surface area contributed by atoms with Gasteiger partial charge in [0.1, 0.15) is 17.4 Å². The van der Waals surface area contributed by atoms with E-state index in [0.29, 0.717) is 18.7 Å². The molecule has 0 amide bonds. The molecule has 4 heteroatoms. The smallest absolute Gasteiger partial charge is 0.206 e. The van der Waals surface area contributed by atoms with E-state index < -0.39 is 0 Å². The van der Waals surface area contributed by atoms with Crippen LogP contribution < -0.4 is 4.74 Å². The van der Waals surface area contributed by atoms with E-state index in [9.17, 15) is 10.1 Å². The lowest BCUT2D eigenvalue weighted by Gasteiger charge is -2.10. The molecular weight excluding hydrogens is 408 g/mol. The van der Waals surface area contributed by atoms with Crippen LogP contribution in [-0.4, -0.2) is 17.0 Å². The minimum atomic E-state index is -0.272. The van der Waals surface area contributed by atoms with Gasteiger partial charge in [-0.05, 0) is 48.7 Å². The predicted molar refractivity (Wildman–Crippen MR) is 133 cm³/mol. The van der Waals surface area contributed by atoms with E-state index in [1.54, 1.807) is 6.08 Å². The molecule has 4 rings (SSSR count). The molecule has 0 saturated carbocycles. The normalized spacial score (nSPS) is 11.4. The lowest BCUT2D eigenvalue weighted by Crippen LogP contribution is -2.05. The van der Waals surface area contributed by atoms with Crippen LogP contribution in [0.4, 0.5) is 0 Å². The second-order valence-corrected chi connectivity index (χ2v) is 7.77. The van der Waals surface area contributed by atoms with Gasteiger partial charge in [-0.2, -0.15) is 5.26 Å². The number of Topliss-reactive ketones (excluding diaryl/α,β-unsaturated/α-hetero) is 1. The molecule has 0 spiro atoms. The van der Waals surface area contributed by atoms with E-state index in [0.717, 1.165) is 39.9 Å². The van der Waals surface area contributed by atoms with E-state index in [1.165, 1.54) is 0 Å². The van der Waals surface area contributed by atoms with Gasteiger partial charge in [0.15, 0.2) is 0 Å². The molecule has 0 bridgehead atoms. The van der Waals surface area contributed by atoms with Crippen LogP contribution in [0.25, 0.3) is 28.2 Å². The first-order valence-electron chi connectivity index (χ1n) is 11.2. The summed E-state index contributed by atoms with van der Waals surface area (Å²) in [5.74, 6) is 0.502. The van der Waals surface area contributed by atoms with Crippen LogP contribution in [0.15, 0.2) is 84.4 Å². The van der Waals surface area contributed by atoms with Gasteiger partial charge in [-0.25, -0.2) is 0 Å². The Morgan fingerprint density at radius 2 is 1.67 bits per heavy atom. The van der Waals surface area contributed by atoms with Crippen LogP contribution >= 0.6 is 0 Å². The predicted octanol–water partition coefficient (Wildman–Crippen LogP) is 6.91. The SMILES string of the molecule is CCCOc1ccc(/C=C(\C#N)C(=O)c2c(-c3ccccc3)n(CC)c3ccccc23)cc1. The van der Waals surface area contributed by atoms with E-state index in [2.05, 4.69) is 24.5 Å². The Balaban J connectivity index is 1.83. The number of aromatic nitrogens is 1. The monoisotopic (exact) mass is 434 g/mol. The van der Waals surface area contributed by atoms with Gasteiger partial charge in [-0.15, -0.1) is 0 Å². The van der Waals surface area contributed by atoms with E-state index >= 15 is 0 Å². The van der Waals surface area contributed by atoms with Crippen molar-refractivity contribution in [1.82, 2.24) is 4.57 Å². The fourth-order valence-corrected chi connectivity index (χ4v) is 4.09. The summed E-state index contributed by atoms with van der Waals surface area (Å²) in [5, 5.41) is 10.8. The molecule has 0 atom stereocenters. The quantitative estimate of drug-likeness (QED) is 0.172. The van der Waals surface area contributed by atoms with Gasteiger partial charge < -0.3 is 9.30 Å². The maximum Gasteiger partial charge on any atom is 0.206 e. The molecule has 4 nitrogen and oxygen atoms in total. The Morgan fingerprint density at radius 3 is 2.33 bits per heavy atom. The highest BCUT2D eigenvalue weighted by Crippen LogP contribution is 2.35. The third kappa shape index (κ3) is 4.44. The molecule has 0 fully saturated rings. The first-order chi connectivity index (χ1) is 16.2. The highest BCUT2D eigenvalue weighted by Gasteiger charge is 2.25. The molecule has 1 aromatic heterocycles. The molecule has 33 heavy (non-hydrogen) atoms. The van der Waals surface area contributed by atoms with E-state index in [-0.39, 0.29) is 11.4 Å². The van der Waals surface area contributed by atoms with Crippen LogP contribution in [0, 0.1) is 11.3 Å². The van der Waals surface area contributed by atoms with Gasteiger partial charge in [0, 0.05) is 17.4 Å². The topological polar surface area (TPSA) is 55.0 Å². The minimum Gasteiger partial charge on any atom is -0.494 e. The third-order valence-corrected chi connectivity index (χ3v) is 5.59. The summed E-state index contributed by atoms with van der Waals surface area (Å²) in [6.07, 6.45) is 2.59. The number of ketones is 1. The van der Waals surface area contributed by atoms with Crippen LogP contribution in [0.3, 0.4) is 0 Å². The summed E-state index contributed by atoms with van der Waals surface area (Å²) >= 11 is 0. The standard InChI is InChI=1S/C29H26N2O2/c1-3-18-33-24-16-14-21(15-17-24)19-23(20-30)29(32)27-25-12-8-9-13-26(25)31(4-2)28(27)22-10-6-5-7-11-22/h5-17,19H,3-4,18H2,1-2H3/b23-19+. The zero-order valence-corrected chi connectivity index (χ0v) is 18.9. The van der Waals surface area contributed by atoms with Gasteiger partial charge in [-0.3, -0.25) is 4.79 Å². The maximum absolute atomic E-state index is 13.8. The summed E-state index contributed by atoms with van der Waals surface area (Å²) in [6, 6.07) is 27.4. The molecule has 3 aromatic carbocycles. The Labute approximate surface area is 194 Å². The molecule has 1 heterocycles. The Kier molecular flexibility index (Phi) is 6.71. The number of benzene rings is 3. The number of rotatable bonds is 8. The maximum atomic E-state index is 13.8. The Morgan fingerprint density at radius 1 is 0.970 bits per heavy atom. The molecule has 0 N–H and O–H groups in total. The average molecular weight is 435 g/mol. The van der Waals surface area contributed by atoms with Crippen molar-refractivity contribution in [3.05, 3.63) is 95.6 Å². The summed E-state index contributed by atoms with van der Waals surface area (Å²) in [7, 11) is 0. The first kappa shape index (κ1) is 22.1. The van der Waals surface area contributed by atoms with Crippen molar-refractivity contribution in [2.24, 2.45) is 0 Å². The second kappa shape index (κ2) is 10.0. The number of ether oxygens (including phenoxy) is 1. The summed E-state index contributed by atoms with van der Waals surface area (Å²) in [4.78, 5) is 13.8. The number of hydrogen-bond donors (Lipinski definition) is 0. The first-order valence-corrected chi connectivity index (χ1v) is 11.2. The van der Waals surface area contributed by atoms with Gasteiger partial charge >= 0.3 is 0 Å². The number of fused-ring (bicyclic) bond motifs is 1. The molecule has 0 aliphatic carbocycles. The largest absolute Gasteiger partial charge is 0.494 e. The number of carbonyl (C=O) groups excluding carboxylic acids is 1. The number of aryl methyl sites for hydroxylation is 1. The summed E-state index contributed by atoms with van der Waals surface area (Å²) in [5.41, 5.74) is 4.23. The fourth-order valence-electron chi connectivity index (χ4n) is 4.09. The minimum absolute atomic E-state index is 0.105. The Bertz CT molecular complexity index is 1340. The summed E-state index contributed by atoms with van der Waals surface area (Å²) in [6.45, 7) is 5.49. The fraction of sp³-hybridized carbons (Fsp3) is 0.172. The number of nitrogens with zero attached hydrogens (tertiary/aromatic N) is 2. The van der Waals surface area contributed by atoms with Crippen LogP contribution in [0.2, 0.25) is 0 Å². The molecule has 0 radical (unpaired) electrons. The lowest BCUT2D eigenvalue weighted by molar-refractivity contribution is 0.104. The third-order valence-electron chi connectivity index (χ3n) is 5.59. The van der Waals surface area contributed by atoms with Crippen molar-refractivity contribution < 1.29 is 9.53 Å². The van der Waals surface area contributed by atoms with Gasteiger partial charge in [0.25, 0.3) is 0 Å². The van der Waals surface area contributed by atoms with Crippen molar-refractivity contribution in [3.8, 4) is 23.1 Å². The zero-order valence-electron chi connectivity index (χ0n) is 18.9. The number of allylic oxidation sites excluding steroid dienone is 1. The number of hydrogen-bond acceptors (Lipinski definition) is 3. The second-order valence-electron chi connectivity index (χ2n) is 7.77.